The molecule has 0 aromatic carbocycles. The lowest BCUT2D eigenvalue weighted by Crippen LogP contribution is -2.53. The Kier molecular flexibility index (Phi) is 4.21. The van der Waals surface area contributed by atoms with Crippen LogP contribution >= 0.6 is 0 Å². The first kappa shape index (κ1) is 12.6. The Morgan fingerprint density at radius 1 is 1.35 bits per heavy atom. The smallest absolute Gasteiger partial charge is 0.226 e. The molecule has 0 radical (unpaired) electrons. The number of allylic oxidation sites excluding steroid dienone is 2. The summed E-state index contributed by atoms with van der Waals surface area (Å²) < 4.78 is 0. The van der Waals surface area contributed by atoms with E-state index in [0.717, 1.165) is 38.6 Å². The van der Waals surface area contributed by atoms with Crippen molar-refractivity contribution in [2.24, 2.45) is 11.7 Å². The molecule has 1 fully saturated rings. The maximum atomic E-state index is 12.5. The van der Waals surface area contributed by atoms with Crippen molar-refractivity contribution < 1.29 is 4.79 Å². The fraction of sp³-hybridized carbons (Fsp3) is 0.786. The van der Waals surface area contributed by atoms with Crippen molar-refractivity contribution in [1.82, 2.24) is 4.90 Å². The van der Waals surface area contributed by atoms with Crippen LogP contribution in [0.5, 0.6) is 0 Å². The van der Waals surface area contributed by atoms with Crippen LogP contribution in [0.4, 0.5) is 0 Å². The third-order valence-corrected chi connectivity index (χ3v) is 4.06. The number of piperidine rings is 1. The highest BCUT2D eigenvalue weighted by molar-refractivity contribution is 5.79. The zero-order valence-electron chi connectivity index (χ0n) is 10.8. The molecule has 0 spiro atoms. The summed E-state index contributed by atoms with van der Waals surface area (Å²) in [4.78, 5) is 14.6. The topological polar surface area (TPSA) is 46.3 Å². The van der Waals surface area contributed by atoms with Gasteiger partial charge in [-0.1, -0.05) is 12.2 Å². The van der Waals surface area contributed by atoms with E-state index in [9.17, 15) is 4.79 Å². The first-order valence-electron chi connectivity index (χ1n) is 6.91. The number of nitrogens with zero attached hydrogens (tertiary/aromatic N) is 1. The predicted octanol–water partition coefficient (Wildman–Crippen LogP) is 2.07. The van der Waals surface area contributed by atoms with Gasteiger partial charge in [-0.3, -0.25) is 4.79 Å². The Labute approximate surface area is 104 Å². The van der Waals surface area contributed by atoms with Crippen molar-refractivity contribution >= 4 is 5.91 Å². The minimum Gasteiger partial charge on any atom is -0.338 e. The molecular weight excluding hydrogens is 212 g/mol. The molecule has 1 heterocycles. The second-order valence-corrected chi connectivity index (χ2v) is 5.44. The van der Waals surface area contributed by atoms with E-state index in [4.69, 9.17) is 5.73 Å². The minimum absolute atomic E-state index is 0.0957. The molecule has 17 heavy (non-hydrogen) atoms. The molecule has 3 nitrogen and oxygen atoms in total. The second kappa shape index (κ2) is 5.67. The van der Waals surface area contributed by atoms with Crippen molar-refractivity contribution in [3.8, 4) is 0 Å². The number of likely N-dealkylation sites (tertiary alicyclic amines) is 1. The van der Waals surface area contributed by atoms with Gasteiger partial charge < -0.3 is 10.6 Å². The van der Waals surface area contributed by atoms with E-state index in [0.29, 0.717) is 5.91 Å². The Morgan fingerprint density at radius 3 is 2.82 bits per heavy atom. The van der Waals surface area contributed by atoms with Crippen molar-refractivity contribution in [2.75, 3.05) is 6.54 Å². The summed E-state index contributed by atoms with van der Waals surface area (Å²) >= 11 is 0. The molecule has 0 saturated carbocycles. The Morgan fingerprint density at radius 2 is 2.18 bits per heavy atom. The molecule has 1 aliphatic heterocycles. The highest BCUT2D eigenvalue weighted by atomic mass is 16.2. The number of nitrogens with two attached hydrogens (primary N) is 1. The molecule has 0 bridgehead atoms. The van der Waals surface area contributed by atoms with E-state index in [1.54, 1.807) is 0 Å². The standard InChI is InChI=1S/C14H24N2O/c1-11(15)13-9-5-6-10-16(13)14(17)12-7-3-2-4-8-12/h2-3,11-13H,4-10,15H2,1H3. The average Bonchev–Trinajstić information content (AvgIpc) is 2.39. The molecule has 2 rings (SSSR count). The molecule has 3 unspecified atom stereocenters. The zero-order chi connectivity index (χ0) is 12.3. The van der Waals surface area contributed by atoms with Crippen molar-refractivity contribution in [2.45, 2.75) is 57.5 Å². The van der Waals surface area contributed by atoms with Gasteiger partial charge in [-0.25, -0.2) is 0 Å². The average molecular weight is 236 g/mol. The maximum absolute atomic E-state index is 12.5. The van der Waals surface area contributed by atoms with Gasteiger partial charge in [0.2, 0.25) is 5.91 Å². The van der Waals surface area contributed by atoms with Crippen molar-refractivity contribution in [3.05, 3.63) is 12.2 Å². The quantitative estimate of drug-likeness (QED) is 0.746. The zero-order valence-corrected chi connectivity index (χ0v) is 10.8. The first-order valence-corrected chi connectivity index (χ1v) is 6.91. The number of carbonyl (C=O) groups excluding carboxylic acids is 1. The summed E-state index contributed by atoms with van der Waals surface area (Å²) in [6.07, 6.45) is 10.7. The SMILES string of the molecule is CC(N)C1CCCCN1C(=O)C1CC=CCC1. The highest BCUT2D eigenvalue weighted by Gasteiger charge is 2.32. The Hall–Kier alpha value is -0.830. The van der Waals surface area contributed by atoms with Crippen LogP contribution in [-0.4, -0.2) is 29.4 Å². The van der Waals surface area contributed by atoms with Crippen LogP contribution in [0.15, 0.2) is 12.2 Å². The molecular formula is C14H24N2O. The highest BCUT2D eigenvalue weighted by Crippen LogP contribution is 2.26. The van der Waals surface area contributed by atoms with Crippen LogP contribution in [0.1, 0.15) is 45.4 Å². The summed E-state index contributed by atoms with van der Waals surface area (Å²) in [5.74, 6) is 0.552. The third kappa shape index (κ3) is 2.89. The molecule has 3 heteroatoms. The van der Waals surface area contributed by atoms with Gasteiger partial charge in [0, 0.05) is 24.5 Å². The van der Waals surface area contributed by atoms with Gasteiger partial charge in [0.25, 0.3) is 0 Å². The third-order valence-electron chi connectivity index (χ3n) is 4.06. The van der Waals surface area contributed by atoms with E-state index in [1.807, 2.05) is 6.92 Å². The molecule has 0 aromatic heterocycles. The van der Waals surface area contributed by atoms with E-state index >= 15 is 0 Å². The maximum Gasteiger partial charge on any atom is 0.226 e. The molecule has 2 aliphatic rings. The summed E-state index contributed by atoms with van der Waals surface area (Å²) in [7, 11) is 0. The van der Waals surface area contributed by atoms with Gasteiger partial charge in [0.05, 0.1) is 0 Å². The summed E-state index contributed by atoms with van der Waals surface area (Å²) in [6, 6.07) is 0.362. The summed E-state index contributed by atoms with van der Waals surface area (Å²) in [6.45, 7) is 2.93. The number of rotatable bonds is 2. The second-order valence-electron chi connectivity index (χ2n) is 5.44. The van der Waals surface area contributed by atoms with Gasteiger partial charge in [-0.15, -0.1) is 0 Å². The van der Waals surface area contributed by atoms with Crippen LogP contribution < -0.4 is 5.73 Å². The van der Waals surface area contributed by atoms with Crippen LogP contribution in [0.25, 0.3) is 0 Å². The predicted molar refractivity (Wildman–Crippen MR) is 69.5 cm³/mol. The van der Waals surface area contributed by atoms with Crippen LogP contribution in [-0.2, 0) is 4.79 Å². The van der Waals surface area contributed by atoms with Gasteiger partial charge in [-0.05, 0) is 45.4 Å². The Bertz CT molecular complexity index is 299. The molecule has 0 aromatic rings. The van der Waals surface area contributed by atoms with E-state index in [1.165, 1.54) is 6.42 Å². The molecule has 1 saturated heterocycles. The van der Waals surface area contributed by atoms with Crippen LogP contribution in [0.3, 0.4) is 0 Å². The van der Waals surface area contributed by atoms with E-state index in [-0.39, 0.29) is 18.0 Å². The fourth-order valence-corrected chi connectivity index (χ4v) is 3.03. The van der Waals surface area contributed by atoms with E-state index in [2.05, 4.69) is 17.1 Å². The van der Waals surface area contributed by atoms with Crippen molar-refractivity contribution in [1.29, 1.82) is 0 Å². The molecule has 2 N–H and O–H groups in total. The van der Waals surface area contributed by atoms with Gasteiger partial charge in [-0.2, -0.15) is 0 Å². The molecule has 1 aliphatic carbocycles. The van der Waals surface area contributed by atoms with Crippen molar-refractivity contribution in [3.63, 3.8) is 0 Å². The van der Waals surface area contributed by atoms with Crippen LogP contribution in [0.2, 0.25) is 0 Å². The lowest BCUT2D eigenvalue weighted by molar-refractivity contribution is -0.140. The lowest BCUT2D eigenvalue weighted by atomic mass is 9.90. The largest absolute Gasteiger partial charge is 0.338 e. The summed E-state index contributed by atoms with van der Waals surface area (Å²) in [5, 5.41) is 0. The first-order chi connectivity index (χ1) is 8.20. The van der Waals surface area contributed by atoms with Crippen LogP contribution in [0, 0.1) is 5.92 Å². The molecule has 96 valence electrons. The number of hydrogen-bond acceptors (Lipinski definition) is 2. The van der Waals surface area contributed by atoms with Gasteiger partial charge in [0.15, 0.2) is 0 Å². The molecule has 1 amide bonds. The van der Waals surface area contributed by atoms with E-state index < -0.39 is 0 Å². The Balaban J connectivity index is 2.02. The fourth-order valence-electron chi connectivity index (χ4n) is 3.03. The number of amides is 1. The number of hydrogen-bond donors (Lipinski definition) is 1. The monoisotopic (exact) mass is 236 g/mol. The minimum atomic E-state index is 0.0957. The summed E-state index contributed by atoms with van der Waals surface area (Å²) in [5.41, 5.74) is 6.02. The lowest BCUT2D eigenvalue weighted by Gasteiger charge is -2.40. The molecule has 3 atom stereocenters. The van der Waals surface area contributed by atoms with Gasteiger partial charge in [0.1, 0.15) is 0 Å². The normalized spacial score (nSPS) is 31.3. The van der Waals surface area contributed by atoms with Gasteiger partial charge >= 0.3 is 0 Å². The number of carbonyl (C=O) groups is 1.